The van der Waals surface area contributed by atoms with E-state index in [2.05, 4.69) is 23.3 Å². The summed E-state index contributed by atoms with van der Waals surface area (Å²) in [6.07, 6.45) is 1.87. The normalized spacial score (nSPS) is 11.3. The van der Waals surface area contributed by atoms with Gasteiger partial charge in [-0.3, -0.25) is 0 Å². The number of benzene rings is 2. The summed E-state index contributed by atoms with van der Waals surface area (Å²) in [4.78, 5) is 16.8. The highest BCUT2D eigenvalue weighted by atomic mass is 32.2. The maximum atomic E-state index is 12.1. The molecule has 0 aliphatic heterocycles. The molecule has 0 atom stereocenters. The van der Waals surface area contributed by atoms with Crippen molar-refractivity contribution >= 4 is 33.8 Å². The molecule has 2 heterocycles. The van der Waals surface area contributed by atoms with Gasteiger partial charge in [0.1, 0.15) is 5.58 Å². The third-order valence-corrected chi connectivity index (χ3v) is 5.83. The van der Waals surface area contributed by atoms with Crippen LogP contribution in [-0.4, -0.2) is 9.55 Å². The van der Waals surface area contributed by atoms with Crippen molar-refractivity contribution in [3.63, 3.8) is 0 Å². The summed E-state index contributed by atoms with van der Waals surface area (Å²) in [6.45, 7) is 8.56. The molecular weight excluding hydrogens is 356 g/mol. The van der Waals surface area contributed by atoms with Crippen LogP contribution in [0.2, 0.25) is 0 Å². The zero-order chi connectivity index (χ0) is 19.0. The van der Waals surface area contributed by atoms with Gasteiger partial charge in [0, 0.05) is 23.8 Å². The van der Waals surface area contributed by atoms with Gasteiger partial charge in [0.2, 0.25) is 0 Å². The Morgan fingerprint density at radius 2 is 2.04 bits per heavy atom. The van der Waals surface area contributed by atoms with E-state index in [4.69, 9.17) is 9.40 Å². The van der Waals surface area contributed by atoms with Crippen molar-refractivity contribution in [3.05, 3.63) is 82.2 Å². The smallest absolute Gasteiger partial charge is 0.336 e. The first-order valence-electron chi connectivity index (χ1n) is 8.80. The van der Waals surface area contributed by atoms with E-state index in [0.29, 0.717) is 17.9 Å². The highest BCUT2D eigenvalue weighted by Crippen LogP contribution is 2.30. The summed E-state index contributed by atoms with van der Waals surface area (Å²) in [5.41, 5.74) is 5.50. The molecule has 0 amide bonds. The summed E-state index contributed by atoms with van der Waals surface area (Å²) in [5, 5.41) is 1.90. The first kappa shape index (κ1) is 17.6. The quantitative estimate of drug-likeness (QED) is 0.272. The summed E-state index contributed by atoms with van der Waals surface area (Å²) in [6, 6.07) is 13.8. The van der Waals surface area contributed by atoms with Crippen molar-refractivity contribution in [1.29, 1.82) is 0 Å². The fourth-order valence-electron chi connectivity index (χ4n) is 3.26. The second kappa shape index (κ2) is 7.08. The van der Waals surface area contributed by atoms with Crippen molar-refractivity contribution in [1.82, 2.24) is 9.55 Å². The van der Waals surface area contributed by atoms with Crippen molar-refractivity contribution in [2.24, 2.45) is 0 Å². The van der Waals surface area contributed by atoms with Crippen LogP contribution in [0.15, 0.2) is 69.5 Å². The lowest BCUT2D eigenvalue weighted by atomic mass is 10.0. The number of allylic oxidation sites excluding steroid dienone is 1. The van der Waals surface area contributed by atoms with Crippen LogP contribution < -0.4 is 5.63 Å². The molecule has 5 heteroatoms. The predicted molar refractivity (Wildman–Crippen MR) is 111 cm³/mol. The molecule has 0 fully saturated rings. The Kier molecular flexibility index (Phi) is 4.62. The van der Waals surface area contributed by atoms with Gasteiger partial charge in [0.25, 0.3) is 0 Å². The molecule has 0 aliphatic carbocycles. The number of thioether (sulfide) groups is 1. The van der Waals surface area contributed by atoms with Gasteiger partial charge in [-0.15, -0.1) is 6.58 Å². The minimum absolute atomic E-state index is 0.314. The maximum absolute atomic E-state index is 12.1. The molecule has 2 aromatic carbocycles. The first-order chi connectivity index (χ1) is 13.1. The number of rotatable bonds is 5. The van der Waals surface area contributed by atoms with E-state index >= 15 is 0 Å². The lowest BCUT2D eigenvalue weighted by Crippen LogP contribution is -2.02. The third kappa shape index (κ3) is 3.19. The maximum Gasteiger partial charge on any atom is 0.336 e. The lowest BCUT2D eigenvalue weighted by molar-refractivity contribution is 0.557. The van der Waals surface area contributed by atoms with Gasteiger partial charge in [0.05, 0.1) is 11.0 Å². The third-order valence-electron chi connectivity index (χ3n) is 4.81. The van der Waals surface area contributed by atoms with Crippen LogP contribution >= 0.6 is 11.8 Å². The number of imidazole rings is 1. The van der Waals surface area contributed by atoms with Crippen LogP contribution in [0, 0.1) is 13.8 Å². The number of aromatic nitrogens is 2. The second-order valence-electron chi connectivity index (χ2n) is 6.55. The van der Waals surface area contributed by atoms with Gasteiger partial charge >= 0.3 is 5.63 Å². The van der Waals surface area contributed by atoms with E-state index in [9.17, 15) is 4.79 Å². The summed E-state index contributed by atoms with van der Waals surface area (Å²) in [5.74, 6) is 0.644. The molecule has 0 spiro atoms. The largest absolute Gasteiger partial charge is 0.422 e. The fourth-order valence-corrected chi connectivity index (χ4v) is 4.27. The average molecular weight is 376 g/mol. The Bertz CT molecular complexity index is 1220. The molecule has 4 rings (SSSR count). The van der Waals surface area contributed by atoms with E-state index in [1.54, 1.807) is 17.8 Å². The van der Waals surface area contributed by atoms with Gasteiger partial charge < -0.3 is 8.98 Å². The second-order valence-corrected chi connectivity index (χ2v) is 7.49. The standard InChI is InChI=1S/C22H20N2O2S/c1-4-11-24-19-8-6-5-7-18(19)23-22(24)27-13-16-12-20(25)26-21-15(3)14(2)9-10-17(16)21/h4-10,12H,1,11,13H2,2-3H3. The molecule has 0 unspecified atom stereocenters. The molecular formula is C22H20N2O2S. The molecule has 2 aromatic heterocycles. The molecule has 0 radical (unpaired) electrons. The SMILES string of the molecule is C=CCn1c(SCc2cc(=O)oc3c(C)c(C)ccc23)nc2ccccc21. The van der Waals surface area contributed by atoms with Gasteiger partial charge in [-0.2, -0.15) is 0 Å². The van der Waals surface area contributed by atoms with Crippen molar-refractivity contribution in [2.75, 3.05) is 0 Å². The Morgan fingerprint density at radius 3 is 2.85 bits per heavy atom. The van der Waals surface area contributed by atoms with Crippen LogP contribution in [0.25, 0.3) is 22.0 Å². The number of fused-ring (bicyclic) bond motifs is 2. The van der Waals surface area contributed by atoms with Crippen LogP contribution in [0.3, 0.4) is 0 Å². The van der Waals surface area contributed by atoms with E-state index in [1.165, 1.54) is 0 Å². The molecule has 0 saturated carbocycles. The number of hydrogen-bond donors (Lipinski definition) is 0. The number of para-hydroxylation sites is 2. The zero-order valence-electron chi connectivity index (χ0n) is 15.4. The summed E-state index contributed by atoms with van der Waals surface area (Å²) < 4.78 is 7.63. The molecule has 0 aliphatic rings. The van der Waals surface area contributed by atoms with Crippen LogP contribution in [0.4, 0.5) is 0 Å². The van der Waals surface area contributed by atoms with Crippen LogP contribution in [0.1, 0.15) is 16.7 Å². The Labute approximate surface area is 161 Å². The minimum atomic E-state index is -0.314. The molecule has 4 nitrogen and oxygen atoms in total. The average Bonchev–Trinajstić information content (AvgIpc) is 3.01. The number of hydrogen-bond acceptors (Lipinski definition) is 4. The predicted octanol–water partition coefficient (Wildman–Crippen LogP) is 5.24. The number of nitrogens with zero attached hydrogens (tertiary/aromatic N) is 2. The Balaban J connectivity index is 1.75. The molecule has 0 saturated heterocycles. The highest BCUT2D eigenvalue weighted by molar-refractivity contribution is 7.98. The Morgan fingerprint density at radius 1 is 1.22 bits per heavy atom. The van der Waals surface area contributed by atoms with Crippen molar-refractivity contribution < 1.29 is 4.42 Å². The monoisotopic (exact) mass is 376 g/mol. The lowest BCUT2D eigenvalue weighted by Gasteiger charge is -2.09. The van der Waals surface area contributed by atoms with Crippen LogP contribution in [0.5, 0.6) is 0 Å². The summed E-state index contributed by atoms with van der Waals surface area (Å²) in [7, 11) is 0. The molecule has 0 N–H and O–H groups in total. The van der Waals surface area contributed by atoms with Gasteiger partial charge in [-0.05, 0) is 42.7 Å². The molecule has 27 heavy (non-hydrogen) atoms. The van der Waals surface area contributed by atoms with Crippen molar-refractivity contribution in [2.45, 2.75) is 31.3 Å². The van der Waals surface area contributed by atoms with Crippen molar-refractivity contribution in [3.8, 4) is 0 Å². The van der Waals surface area contributed by atoms with Gasteiger partial charge in [-0.25, -0.2) is 9.78 Å². The molecule has 136 valence electrons. The van der Waals surface area contributed by atoms with E-state index in [-0.39, 0.29) is 5.63 Å². The highest BCUT2D eigenvalue weighted by Gasteiger charge is 2.13. The minimum Gasteiger partial charge on any atom is -0.422 e. The zero-order valence-corrected chi connectivity index (χ0v) is 16.2. The topological polar surface area (TPSA) is 48.0 Å². The summed E-state index contributed by atoms with van der Waals surface area (Å²) >= 11 is 1.62. The van der Waals surface area contributed by atoms with E-state index < -0.39 is 0 Å². The number of aryl methyl sites for hydroxylation is 2. The van der Waals surface area contributed by atoms with Crippen LogP contribution in [-0.2, 0) is 12.3 Å². The van der Waals surface area contributed by atoms with Gasteiger partial charge in [-0.1, -0.05) is 42.1 Å². The molecule has 4 aromatic rings. The molecule has 0 bridgehead atoms. The first-order valence-corrected chi connectivity index (χ1v) is 9.79. The van der Waals surface area contributed by atoms with E-state index in [0.717, 1.165) is 38.3 Å². The Hall–Kier alpha value is -2.79. The van der Waals surface area contributed by atoms with Gasteiger partial charge in [0.15, 0.2) is 5.16 Å². The fraction of sp³-hybridized carbons (Fsp3) is 0.182. The van der Waals surface area contributed by atoms with E-state index in [1.807, 2.05) is 44.2 Å².